The Labute approximate surface area is 218 Å². The van der Waals surface area contributed by atoms with E-state index >= 15 is 0 Å². The van der Waals surface area contributed by atoms with Gasteiger partial charge in [0.2, 0.25) is 10.0 Å². The second-order valence-corrected chi connectivity index (χ2v) is 11.0. The Morgan fingerprint density at radius 3 is 2.26 bits per heavy atom. The van der Waals surface area contributed by atoms with E-state index in [1.807, 2.05) is 32.3 Å². The number of thiazole rings is 1. The zero-order chi connectivity index (χ0) is 24.9. The molecule has 0 spiro atoms. The van der Waals surface area contributed by atoms with Crippen LogP contribution < -0.4 is 9.64 Å². The normalized spacial score (nSPS) is 11.6. The van der Waals surface area contributed by atoms with Crippen molar-refractivity contribution in [2.45, 2.75) is 25.2 Å². The summed E-state index contributed by atoms with van der Waals surface area (Å²) in [7, 11) is 2.01. The molecule has 1 heterocycles. The van der Waals surface area contributed by atoms with Gasteiger partial charge in [-0.25, -0.2) is 13.4 Å². The number of anilines is 1. The Kier molecular flexibility index (Phi) is 10.5. The van der Waals surface area contributed by atoms with Crippen LogP contribution in [0.2, 0.25) is 0 Å². The summed E-state index contributed by atoms with van der Waals surface area (Å²) in [6.07, 6.45) is 0.770. The minimum atomic E-state index is -3.58. The van der Waals surface area contributed by atoms with Crippen molar-refractivity contribution < 1.29 is 17.9 Å². The molecule has 1 aromatic heterocycles. The molecule has 0 unspecified atom stereocenters. The van der Waals surface area contributed by atoms with Crippen LogP contribution in [0.1, 0.15) is 30.6 Å². The second kappa shape index (κ2) is 12.6. The molecule has 3 aromatic rings. The summed E-state index contributed by atoms with van der Waals surface area (Å²) in [6.45, 7) is 5.70. The lowest BCUT2D eigenvalue weighted by Crippen LogP contribution is -2.33. The first-order valence-electron chi connectivity index (χ1n) is 11.2. The maximum atomic E-state index is 13.5. The van der Waals surface area contributed by atoms with Crippen LogP contribution in [0.25, 0.3) is 10.2 Å². The number of nitrogens with zero attached hydrogens (tertiary/aromatic N) is 4. The van der Waals surface area contributed by atoms with Crippen molar-refractivity contribution in [2.24, 2.45) is 0 Å². The zero-order valence-electron chi connectivity index (χ0n) is 20.7. The summed E-state index contributed by atoms with van der Waals surface area (Å²) < 4.78 is 33.2. The van der Waals surface area contributed by atoms with E-state index in [9.17, 15) is 13.2 Å². The molecule has 0 atom stereocenters. The molecule has 0 aliphatic carbocycles. The number of aromatic nitrogens is 1. The van der Waals surface area contributed by atoms with Gasteiger partial charge in [-0.1, -0.05) is 25.2 Å². The second-order valence-electron chi connectivity index (χ2n) is 8.06. The highest BCUT2D eigenvalue weighted by atomic mass is 35.5. The molecule has 0 radical (unpaired) electrons. The number of sulfonamides is 1. The van der Waals surface area contributed by atoms with E-state index in [-0.39, 0.29) is 23.2 Å². The number of halogens is 1. The monoisotopic (exact) mass is 540 g/mol. The number of methoxy groups -OCH3 is 1. The van der Waals surface area contributed by atoms with Gasteiger partial charge in [0.25, 0.3) is 5.91 Å². The van der Waals surface area contributed by atoms with Gasteiger partial charge in [0, 0.05) is 25.2 Å². The molecule has 0 saturated heterocycles. The summed E-state index contributed by atoms with van der Waals surface area (Å²) in [5.41, 5.74) is 1.21. The fraction of sp³-hybridized carbons (Fsp3) is 0.417. The van der Waals surface area contributed by atoms with E-state index in [4.69, 9.17) is 4.74 Å². The summed E-state index contributed by atoms with van der Waals surface area (Å²) >= 11 is 1.43. The maximum absolute atomic E-state index is 13.5. The number of carbonyl (C=O) groups excluding carboxylic acids is 1. The molecule has 11 heteroatoms. The number of amides is 1. The summed E-state index contributed by atoms with van der Waals surface area (Å²) in [4.78, 5) is 22.1. The number of fused-ring (bicyclic) bond motifs is 1. The number of rotatable bonds is 11. The lowest BCUT2D eigenvalue weighted by molar-refractivity contribution is 0.0986. The smallest absolute Gasteiger partial charge is 0.260 e. The summed E-state index contributed by atoms with van der Waals surface area (Å²) in [6, 6.07) is 11.8. The molecule has 2 aromatic carbocycles. The van der Waals surface area contributed by atoms with Crippen molar-refractivity contribution in [1.82, 2.24) is 14.2 Å². The van der Waals surface area contributed by atoms with Gasteiger partial charge in [0.15, 0.2) is 5.13 Å². The third kappa shape index (κ3) is 6.71. The Balaban J connectivity index is 0.00000432. The van der Waals surface area contributed by atoms with Gasteiger partial charge in [0.05, 0.1) is 22.2 Å². The van der Waals surface area contributed by atoms with E-state index in [0.717, 1.165) is 28.9 Å². The number of ether oxygens (including phenoxy) is 1. The van der Waals surface area contributed by atoms with Gasteiger partial charge >= 0.3 is 0 Å². The molecule has 0 saturated carbocycles. The minimum absolute atomic E-state index is 0. The first-order chi connectivity index (χ1) is 16.2. The van der Waals surface area contributed by atoms with E-state index in [2.05, 4.69) is 9.88 Å². The van der Waals surface area contributed by atoms with E-state index in [1.54, 1.807) is 38.0 Å². The van der Waals surface area contributed by atoms with Gasteiger partial charge in [-0.3, -0.25) is 9.69 Å². The third-order valence-electron chi connectivity index (χ3n) is 5.49. The molecule has 3 rings (SSSR count). The molecule has 8 nitrogen and oxygen atoms in total. The van der Waals surface area contributed by atoms with Crippen LogP contribution >= 0.6 is 23.7 Å². The molecule has 192 valence electrons. The van der Waals surface area contributed by atoms with Crippen LogP contribution in [-0.2, 0) is 10.0 Å². The average molecular weight is 541 g/mol. The maximum Gasteiger partial charge on any atom is 0.260 e. The molecule has 0 aliphatic rings. The first-order valence-corrected chi connectivity index (χ1v) is 13.5. The van der Waals surface area contributed by atoms with Crippen molar-refractivity contribution in [3.63, 3.8) is 0 Å². The van der Waals surface area contributed by atoms with Crippen LogP contribution in [0, 0.1) is 0 Å². The van der Waals surface area contributed by atoms with Crippen LogP contribution in [0.5, 0.6) is 5.75 Å². The predicted octanol–water partition coefficient (Wildman–Crippen LogP) is 4.36. The number of hydrogen-bond acceptors (Lipinski definition) is 7. The van der Waals surface area contributed by atoms with E-state index in [0.29, 0.717) is 30.3 Å². The number of benzene rings is 2. The topological polar surface area (TPSA) is 83.1 Å². The molecule has 35 heavy (non-hydrogen) atoms. The molecule has 0 bridgehead atoms. The average Bonchev–Trinajstić information content (AvgIpc) is 3.24. The highest BCUT2D eigenvalue weighted by molar-refractivity contribution is 7.89. The zero-order valence-corrected chi connectivity index (χ0v) is 23.2. The summed E-state index contributed by atoms with van der Waals surface area (Å²) in [5, 5.41) is 0.604. The molecule has 1 amide bonds. The van der Waals surface area contributed by atoms with Crippen molar-refractivity contribution in [1.29, 1.82) is 0 Å². The lowest BCUT2D eigenvalue weighted by Gasteiger charge is -2.22. The van der Waals surface area contributed by atoms with Gasteiger partial charge in [-0.2, -0.15) is 4.31 Å². The quantitative estimate of drug-likeness (QED) is 0.359. The fourth-order valence-electron chi connectivity index (χ4n) is 3.60. The van der Waals surface area contributed by atoms with Crippen molar-refractivity contribution in [3.05, 3.63) is 48.0 Å². The Morgan fingerprint density at radius 2 is 1.69 bits per heavy atom. The SMILES string of the molecule is CCN(CC)S(=O)(=O)c1ccc(C(=O)N(CCCN(C)C)c2nc3ccc(OC)cc3s2)cc1.Cl. The van der Waals surface area contributed by atoms with Crippen molar-refractivity contribution in [2.75, 3.05) is 52.3 Å². The van der Waals surface area contributed by atoms with Gasteiger partial charge in [0.1, 0.15) is 5.75 Å². The predicted molar refractivity (Wildman–Crippen MR) is 145 cm³/mol. The van der Waals surface area contributed by atoms with Crippen LogP contribution in [-0.4, -0.2) is 75.9 Å². The Hall–Kier alpha value is -2.24. The van der Waals surface area contributed by atoms with Crippen molar-refractivity contribution >= 4 is 55.0 Å². The molecular weight excluding hydrogens is 508 g/mol. The first kappa shape index (κ1) is 29.0. The van der Waals surface area contributed by atoms with Crippen LogP contribution in [0.4, 0.5) is 5.13 Å². The van der Waals surface area contributed by atoms with Gasteiger partial charge in [-0.05, 0) is 69.5 Å². The molecular formula is C24H33ClN4O4S2. The minimum Gasteiger partial charge on any atom is -0.497 e. The molecule has 0 fully saturated rings. The third-order valence-corrected chi connectivity index (χ3v) is 8.60. The van der Waals surface area contributed by atoms with Gasteiger partial charge < -0.3 is 9.64 Å². The Morgan fingerprint density at radius 1 is 1.03 bits per heavy atom. The van der Waals surface area contributed by atoms with Gasteiger partial charge in [-0.15, -0.1) is 12.4 Å². The Bertz CT molecular complexity index is 1230. The van der Waals surface area contributed by atoms with Crippen molar-refractivity contribution in [3.8, 4) is 5.75 Å². The largest absolute Gasteiger partial charge is 0.497 e. The summed E-state index contributed by atoms with van der Waals surface area (Å²) in [5.74, 6) is 0.523. The van der Waals surface area contributed by atoms with E-state index in [1.165, 1.54) is 27.8 Å². The molecule has 0 N–H and O–H groups in total. The van der Waals surface area contributed by atoms with Crippen LogP contribution in [0.15, 0.2) is 47.4 Å². The van der Waals surface area contributed by atoms with Crippen LogP contribution in [0.3, 0.4) is 0 Å². The number of carbonyl (C=O) groups is 1. The lowest BCUT2D eigenvalue weighted by atomic mass is 10.2. The molecule has 0 aliphatic heterocycles. The van der Waals surface area contributed by atoms with E-state index < -0.39 is 10.0 Å². The highest BCUT2D eigenvalue weighted by Crippen LogP contribution is 2.32. The standard InChI is InChI=1S/C24H32N4O4S2.ClH/c1-6-27(7-2)34(30,31)20-12-9-18(10-13-20)23(29)28(16-8-15-26(3)4)24-25-21-14-11-19(32-5)17-22(21)33-24;/h9-14,17H,6-8,15-16H2,1-5H3;1H. The number of hydrogen-bond donors (Lipinski definition) is 0. The highest BCUT2D eigenvalue weighted by Gasteiger charge is 2.24. The fourth-order valence-corrected chi connectivity index (χ4v) is 6.08.